The fourth-order valence-electron chi connectivity index (χ4n) is 3.55. The largest absolute Gasteiger partial charge is 0.717 e. The van der Waals surface area contributed by atoms with Gasteiger partial charge in [-0.15, -0.1) is 0 Å². The van der Waals surface area contributed by atoms with Crippen LogP contribution in [0, 0.1) is 0 Å². The Morgan fingerprint density at radius 2 is 1.79 bits per heavy atom. The minimum Gasteiger partial charge on any atom is -0.468 e. The quantitative estimate of drug-likeness (QED) is 0.801. The van der Waals surface area contributed by atoms with Gasteiger partial charge in [0, 0.05) is 25.3 Å². The number of carbonyl (C=O) groups excluding carboxylic acids is 1. The summed E-state index contributed by atoms with van der Waals surface area (Å²) in [7, 11) is -0.951. The molecule has 0 radical (unpaired) electrons. The van der Waals surface area contributed by atoms with Crippen LogP contribution in [0.25, 0.3) is 0 Å². The Balaban J connectivity index is 1.38. The Morgan fingerprint density at radius 3 is 2.46 bits per heavy atom. The zero-order valence-corrected chi connectivity index (χ0v) is 14.6. The predicted octanol–water partition coefficient (Wildman–Crippen LogP) is 2.39. The minimum absolute atomic E-state index is 0.00550. The van der Waals surface area contributed by atoms with Crippen molar-refractivity contribution in [3.8, 4) is 0 Å². The van der Waals surface area contributed by atoms with Crippen LogP contribution in [-0.4, -0.2) is 49.2 Å². The van der Waals surface area contributed by atoms with Crippen LogP contribution < -0.4 is 5.32 Å². The van der Waals surface area contributed by atoms with E-state index in [1.165, 1.54) is 5.56 Å². The van der Waals surface area contributed by atoms with E-state index >= 15 is 0 Å². The second kappa shape index (κ2) is 4.89. The van der Waals surface area contributed by atoms with Crippen LogP contribution in [0.3, 0.4) is 0 Å². The van der Waals surface area contributed by atoms with Crippen molar-refractivity contribution in [2.75, 3.05) is 25.0 Å². The number of carbonyl (C=O) groups is 1. The Morgan fingerprint density at radius 1 is 1.17 bits per heavy atom. The average molecular weight is 330 g/mol. The lowest BCUT2D eigenvalue weighted by molar-refractivity contribution is 0.00578. The molecule has 1 spiro atoms. The van der Waals surface area contributed by atoms with Crippen molar-refractivity contribution in [1.82, 2.24) is 4.90 Å². The van der Waals surface area contributed by atoms with E-state index in [1.807, 2.05) is 39.8 Å². The van der Waals surface area contributed by atoms with Crippen molar-refractivity contribution in [3.63, 3.8) is 0 Å². The van der Waals surface area contributed by atoms with E-state index in [-0.39, 0.29) is 11.5 Å². The zero-order chi connectivity index (χ0) is 17.2. The molecule has 1 amide bonds. The average Bonchev–Trinajstić information content (AvgIpc) is 2.92. The number of hydrogen-bond donors (Lipinski definition) is 1. The molecular formula is C17H23BN2O4. The zero-order valence-electron chi connectivity index (χ0n) is 14.6. The fraction of sp³-hybridized carbons (Fsp3) is 0.588. The summed E-state index contributed by atoms with van der Waals surface area (Å²) in [5, 5.41) is 3.42. The molecule has 3 heterocycles. The summed E-state index contributed by atoms with van der Waals surface area (Å²) in [6.45, 7) is 9.87. The van der Waals surface area contributed by atoms with Gasteiger partial charge in [-0.25, -0.2) is 4.79 Å². The minimum atomic E-state index is -0.951. The summed E-state index contributed by atoms with van der Waals surface area (Å²) < 4.78 is 16.8. The summed E-state index contributed by atoms with van der Waals surface area (Å²) >= 11 is 0. The monoisotopic (exact) mass is 330 g/mol. The van der Waals surface area contributed by atoms with Gasteiger partial charge in [-0.3, -0.25) is 0 Å². The van der Waals surface area contributed by atoms with Gasteiger partial charge in [0.1, 0.15) is 0 Å². The number of para-hydroxylation sites is 1. The van der Waals surface area contributed by atoms with E-state index in [0.29, 0.717) is 13.1 Å². The highest BCUT2D eigenvalue weighted by atomic mass is 16.8. The normalized spacial score (nSPS) is 25.2. The topological polar surface area (TPSA) is 60.0 Å². The van der Waals surface area contributed by atoms with E-state index in [2.05, 4.69) is 17.4 Å². The summed E-state index contributed by atoms with van der Waals surface area (Å²) in [6.07, 6.45) is -0.386. The van der Waals surface area contributed by atoms with Gasteiger partial charge in [-0.05, 0) is 39.3 Å². The molecule has 7 heteroatoms. The van der Waals surface area contributed by atoms with Crippen LogP contribution >= 0.6 is 0 Å². The third-order valence-corrected chi connectivity index (χ3v) is 5.79. The number of fused-ring (bicyclic) bond motifs is 2. The van der Waals surface area contributed by atoms with Crippen molar-refractivity contribution >= 4 is 19.1 Å². The number of amides is 1. The first-order valence-electron chi connectivity index (χ1n) is 8.37. The highest BCUT2D eigenvalue weighted by Crippen LogP contribution is 2.43. The van der Waals surface area contributed by atoms with Crippen molar-refractivity contribution in [1.29, 1.82) is 0 Å². The molecule has 3 aliphatic rings. The molecule has 128 valence electrons. The number of hydrogen-bond acceptors (Lipinski definition) is 5. The van der Waals surface area contributed by atoms with E-state index in [9.17, 15) is 4.79 Å². The standard InChI is InChI=1S/C17H23BN2O4/c1-15(2)16(3,4)24-18(23-15)22-14(21)20-10-17(11-20)9-19-13-8-6-5-7-12(13)17/h5-8,19H,9-11H2,1-4H3. The van der Waals surface area contributed by atoms with Crippen molar-refractivity contribution < 1.29 is 18.8 Å². The van der Waals surface area contributed by atoms with E-state index < -0.39 is 18.5 Å². The molecule has 2 fully saturated rings. The molecule has 0 unspecified atom stereocenters. The smallest absolute Gasteiger partial charge is 0.468 e. The molecule has 1 N–H and O–H groups in total. The van der Waals surface area contributed by atoms with Crippen LogP contribution in [0.2, 0.25) is 0 Å². The molecule has 2 saturated heterocycles. The van der Waals surface area contributed by atoms with Crippen LogP contribution in [-0.2, 0) is 19.4 Å². The van der Waals surface area contributed by atoms with Gasteiger partial charge in [-0.2, -0.15) is 0 Å². The summed E-state index contributed by atoms with van der Waals surface area (Å²) in [4.78, 5) is 14.1. The number of anilines is 1. The Labute approximate surface area is 142 Å². The van der Waals surface area contributed by atoms with E-state index in [0.717, 1.165) is 12.2 Å². The van der Waals surface area contributed by atoms with Gasteiger partial charge in [0.25, 0.3) is 0 Å². The Bertz CT molecular complexity index is 669. The maximum absolute atomic E-state index is 12.4. The number of nitrogens with one attached hydrogen (secondary N) is 1. The molecule has 0 atom stereocenters. The first kappa shape index (κ1) is 15.8. The SMILES string of the molecule is CC1(C)OB(OC(=O)N2CC3(CNc4ccccc43)C2)OC1(C)C. The molecule has 6 nitrogen and oxygen atoms in total. The number of nitrogens with zero attached hydrogens (tertiary/aromatic N) is 1. The molecule has 0 aliphatic carbocycles. The molecule has 4 rings (SSSR count). The molecule has 24 heavy (non-hydrogen) atoms. The van der Waals surface area contributed by atoms with Crippen molar-refractivity contribution in [3.05, 3.63) is 29.8 Å². The molecular weight excluding hydrogens is 307 g/mol. The summed E-state index contributed by atoms with van der Waals surface area (Å²) in [6, 6.07) is 8.27. The van der Waals surface area contributed by atoms with Crippen molar-refractivity contribution in [2.24, 2.45) is 0 Å². The molecule has 1 aromatic carbocycles. The second-order valence-corrected chi connectivity index (χ2v) is 7.96. The van der Waals surface area contributed by atoms with Crippen LogP contribution in [0.5, 0.6) is 0 Å². The Hall–Kier alpha value is -1.73. The van der Waals surface area contributed by atoms with Gasteiger partial charge < -0.3 is 24.2 Å². The third kappa shape index (κ3) is 2.22. The number of benzene rings is 1. The summed E-state index contributed by atoms with van der Waals surface area (Å²) in [5.41, 5.74) is 1.43. The maximum atomic E-state index is 12.4. The van der Waals surface area contributed by atoms with Gasteiger partial charge in [0.15, 0.2) is 0 Å². The van der Waals surface area contributed by atoms with Crippen LogP contribution in [0.1, 0.15) is 33.3 Å². The fourth-order valence-corrected chi connectivity index (χ4v) is 3.55. The van der Waals surface area contributed by atoms with Gasteiger partial charge in [-0.1, -0.05) is 18.2 Å². The van der Waals surface area contributed by atoms with Gasteiger partial charge >= 0.3 is 13.4 Å². The first-order chi connectivity index (χ1) is 11.2. The molecule has 1 aromatic rings. The predicted molar refractivity (Wildman–Crippen MR) is 90.7 cm³/mol. The summed E-state index contributed by atoms with van der Waals surface area (Å²) in [5.74, 6) is 0. The molecule has 3 aliphatic heterocycles. The number of likely N-dealkylation sites (tertiary alicyclic amines) is 1. The molecule has 0 aromatic heterocycles. The van der Waals surface area contributed by atoms with Gasteiger partial charge in [0.05, 0.1) is 16.6 Å². The van der Waals surface area contributed by atoms with Crippen LogP contribution in [0.15, 0.2) is 24.3 Å². The maximum Gasteiger partial charge on any atom is 0.717 e. The lowest BCUT2D eigenvalue weighted by Gasteiger charge is -2.47. The number of rotatable bonds is 1. The van der Waals surface area contributed by atoms with E-state index in [4.69, 9.17) is 14.0 Å². The Kier molecular flexibility index (Phi) is 3.22. The molecule has 0 saturated carbocycles. The van der Waals surface area contributed by atoms with Crippen molar-refractivity contribution in [2.45, 2.75) is 44.3 Å². The van der Waals surface area contributed by atoms with Gasteiger partial charge in [0.2, 0.25) is 0 Å². The third-order valence-electron chi connectivity index (χ3n) is 5.79. The second-order valence-electron chi connectivity index (χ2n) is 7.96. The lowest BCUT2D eigenvalue weighted by atomic mass is 9.75. The first-order valence-corrected chi connectivity index (χ1v) is 8.37. The highest BCUT2D eigenvalue weighted by molar-refractivity contribution is 6.40. The van der Waals surface area contributed by atoms with Crippen LogP contribution in [0.4, 0.5) is 10.5 Å². The molecule has 0 bridgehead atoms. The lowest BCUT2D eigenvalue weighted by Crippen LogP contribution is -2.62. The highest BCUT2D eigenvalue weighted by Gasteiger charge is 2.56. The van der Waals surface area contributed by atoms with E-state index in [1.54, 1.807) is 4.90 Å².